The predicted molar refractivity (Wildman–Crippen MR) is 126 cm³/mol. The molecule has 34 heavy (non-hydrogen) atoms. The second-order valence-corrected chi connectivity index (χ2v) is 8.24. The first-order valence-electron chi connectivity index (χ1n) is 10.8. The Bertz CT molecular complexity index is 1450. The van der Waals surface area contributed by atoms with E-state index in [2.05, 4.69) is 20.6 Å². The lowest BCUT2D eigenvalue weighted by atomic mass is 10.0. The van der Waals surface area contributed by atoms with Crippen LogP contribution in [-0.2, 0) is 13.6 Å². The predicted octanol–water partition coefficient (Wildman–Crippen LogP) is 2.96. The van der Waals surface area contributed by atoms with Gasteiger partial charge in [-0.1, -0.05) is 24.3 Å². The molecule has 9 nitrogen and oxygen atoms in total. The summed E-state index contributed by atoms with van der Waals surface area (Å²) in [6.45, 7) is 6.16. The second-order valence-electron chi connectivity index (χ2n) is 8.24. The molecular formula is C25H25N5O4. The fourth-order valence-corrected chi connectivity index (χ4v) is 3.55. The van der Waals surface area contributed by atoms with Gasteiger partial charge in [-0.25, -0.2) is 14.8 Å². The van der Waals surface area contributed by atoms with Crippen molar-refractivity contribution in [3.8, 4) is 0 Å². The largest absolute Gasteiger partial charge is 0.419 e. The van der Waals surface area contributed by atoms with Crippen LogP contribution in [0.5, 0.6) is 0 Å². The third-order valence-electron chi connectivity index (χ3n) is 5.82. The molecule has 0 aliphatic rings. The Hall–Kier alpha value is -4.27. The van der Waals surface area contributed by atoms with Crippen molar-refractivity contribution in [1.29, 1.82) is 0 Å². The maximum absolute atomic E-state index is 12.7. The van der Waals surface area contributed by atoms with Crippen LogP contribution in [0.4, 0.5) is 0 Å². The van der Waals surface area contributed by atoms with Gasteiger partial charge in [0.1, 0.15) is 17.7 Å². The Labute approximate surface area is 195 Å². The Morgan fingerprint density at radius 1 is 1.00 bits per heavy atom. The van der Waals surface area contributed by atoms with Gasteiger partial charge in [0, 0.05) is 19.7 Å². The minimum absolute atomic E-state index is 0.0794. The molecule has 9 heteroatoms. The van der Waals surface area contributed by atoms with E-state index in [0.29, 0.717) is 11.1 Å². The zero-order chi connectivity index (χ0) is 24.4. The van der Waals surface area contributed by atoms with E-state index in [4.69, 9.17) is 4.42 Å². The lowest BCUT2D eigenvalue weighted by molar-refractivity contribution is 0.0934. The van der Waals surface area contributed by atoms with Crippen LogP contribution < -0.4 is 16.4 Å². The van der Waals surface area contributed by atoms with Crippen molar-refractivity contribution in [1.82, 2.24) is 25.2 Å². The zero-order valence-corrected chi connectivity index (χ0v) is 19.4. The number of fused-ring (bicyclic) bond motifs is 1. The number of hydrogen-bond acceptors (Lipinski definition) is 6. The molecule has 1 atom stereocenters. The quantitative estimate of drug-likeness (QED) is 0.458. The van der Waals surface area contributed by atoms with Gasteiger partial charge in [-0.2, -0.15) is 0 Å². The van der Waals surface area contributed by atoms with Crippen molar-refractivity contribution in [2.24, 2.45) is 7.05 Å². The number of aryl methyl sites for hydroxylation is 3. The van der Waals surface area contributed by atoms with E-state index in [1.807, 2.05) is 39.0 Å². The number of carbonyl (C=O) groups is 2. The van der Waals surface area contributed by atoms with Gasteiger partial charge in [0.15, 0.2) is 5.58 Å². The van der Waals surface area contributed by atoms with Crippen LogP contribution >= 0.6 is 0 Å². The molecule has 0 aliphatic heterocycles. The first-order chi connectivity index (χ1) is 16.2. The van der Waals surface area contributed by atoms with Gasteiger partial charge in [0.25, 0.3) is 11.8 Å². The van der Waals surface area contributed by atoms with E-state index in [9.17, 15) is 14.4 Å². The summed E-state index contributed by atoms with van der Waals surface area (Å²) >= 11 is 0. The summed E-state index contributed by atoms with van der Waals surface area (Å²) in [7, 11) is 1.62. The lowest BCUT2D eigenvalue weighted by Gasteiger charge is -2.15. The molecule has 4 rings (SSSR count). The number of rotatable bonds is 6. The lowest BCUT2D eigenvalue weighted by Crippen LogP contribution is -2.29. The molecule has 174 valence electrons. The summed E-state index contributed by atoms with van der Waals surface area (Å²) in [5.74, 6) is -1.29. The molecular weight excluding hydrogens is 434 g/mol. The van der Waals surface area contributed by atoms with Crippen LogP contribution in [0.2, 0.25) is 0 Å². The van der Waals surface area contributed by atoms with Crippen LogP contribution in [0.3, 0.4) is 0 Å². The van der Waals surface area contributed by atoms with E-state index < -0.39 is 17.6 Å². The first-order valence-corrected chi connectivity index (χ1v) is 10.8. The Morgan fingerprint density at radius 3 is 2.47 bits per heavy atom. The standard InChI is InChI=1S/C25H25N5O4/c1-14-5-7-18(9-15(14)2)16(3)29-24(32)20-11-19(27-13-28-20)23(31)26-12-17-6-8-22-21(10-17)30(4)25(33)34-22/h5-11,13,16H,12H2,1-4H3,(H,26,31)(H,29,32)/t16-/m0/s1. The molecule has 2 aromatic heterocycles. The summed E-state index contributed by atoms with van der Waals surface area (Å²) in [5.41, 5.74) is 5.39. The Morgan fingerprint density at radius 2 is 1.74 bits per heavy atom. The molecule has 0 saturated heterocycles. The highest BCUT2D eigenvalue weighted by Gasteiger charge is 2.16. The van der Waals surface area contributed by atoms with E-state index >= 15 is 0 Å². The molecule has 4 aromatic rings. The van der Waals surface area contributed by atoms with E-state index in [0.717, 1.165) is 16.7 Å². The highest BCUT2D eigenvalue weighted by Crippen LogP contribution is 2.17. The van der Waals surface area contributed by atoms with Crippen molar-refractivity contribution >= 4 is 22.9 Å². The SMILES string of the molecule is Cc1ccc([C@H](C)NC(=O)c2cc(C(=O)NCc3ccc4oc(=O)n(C)c4c3)ncn2)cc1C. The van der Waals surface area contributed by atoms with Crippen LogP contribution in [0.25, 0.3) is 11.1 Å². The van der Waals surface area contributed by atoms with Gasteiger partial charge in [0.2, 0.25) is 0 Å². The summed E-state index contributed by atoms with van der Waals surface area (Å²) in [6, 6.07) is 12.4. The topological polar surface area (TPSA) is 119 Å². The van der Waals surface area contributed by atoms with Gasteiger partial charge in [-0.3, -0.25) is 14.2 Å². The molecule has 2 heterocycles. The van der Waals surface area contributed by atoms with Crippen LogP contribution in [0.15, 0.2) is 58.0 Å². The van der Waals surface area contributed by atoms with E-state index in [1.165, 1.54) is 22.5 Å². The van der Waals surface area contributed by atoms with Gasteiger partial charge >= 0.3 is 5.76 Å². The highest BCUT2D eigenvalue weighted by molar-refractivity contribution is 5.97. The van der Waals surface area contributed by atoms with Gasteiger partial charge in [-0.05, 0) is 55.2 Å². The fraction of sp³-hybridized carbons (Fsp3) is 0.240. The summed E-state index contributed by atoms with van der Waals surface area (Å²) in [4.78, 5) is 45.0. The molecule has 2 amide bonds. The molecule has 0 saturated carbocycles. The second kappa shape index (κ2) is 9.30. The minimum atomic E-state index is -0.449. The van der Waals surface area contributed by atoms with Crippen LogP contribution in [0.1, 0.15) is 56.2 Å². The number of oxazole rings is 1. The normalized spacial score (nSPS) is 11.9. The van der Waals surface area contributed by atoms with Gasteiger partial charge in [0.05, 0.1) is 11.6 Å². The number of benzene rings is 2. The summed E-state index contributed by atoms with van der Waals surface area (Å²) in [5, 5.41) is 5.68. The molecule has 0 spiro atoms. The maximum atomic E-state index is 12.7. The average Bonchev–Trinajstić information content (AvgIpc) is 3.12. The first kappa shape index (κ1) is 22.9. The Balaban J connectivity index is 1.42. The maximum Gasteiger partial charge on any atom is 0.419 e. The monoisotopic (exact) mass is 459 g/mol. The highest BCUT2D eigenvalue weighted by atomic mass is 16.4. The number of hydrogen-bond donors (Lipinski definition) is 2. The van der Waals surface area contributed by atoms with Crippen LogP contribution in [0, 0.1) is 13.8 Å². The van der Waals surface area contributed by atoms with Crippen molar-refractivity contribution in [3.05, 3.63) is 93.0 Å². The van der Waals surface area contributed by atoms with Gasteiger partial charge in [-0.15, -0.1) is 0 Å². The molecule has 2 N–H and O–H groups in total. The van der Waals surface area contributed by atoms with Crippen molar-refractivity contribution in [3.63, 3.8) is 0 Å². The van der Waals surface area contributed by atoms with E-state index in [1.54, 1.807) is 25.2 Å². The summed E-state index contributed by atoms with van der Waals surface area (Å²) in [6.07, 6.45) is 1.19. The van der Waals surface area contributed by atoms with Crippen molar-refractivity contribution < 1.29 is 14.0 Å². The zero-order valence-electron chi connectivity index (χ0n) is 19.4. The smallest absolute Gasteiger partial charge is 0.408 e. The number of nitrogens with one attached hydrogen (secondary N) is 2. The van der Waals surface area contributed by atoms with Crippen molar-refractivity contribution in [2.75, 3.05) is 0 Å². The molecule has 0 unspecified atom stereocenters. The Kier molecular flexibility index (Phi) is 6.27. The number of aromatic nitrogens is 3. The molecule has 0 fully saturated rings. The fourth-order valence-electron chi connectivity index (χ4n) is 3.55. The average molecular weight is 460 g/mol. The van der Waals surface area contributed by atoms with E-state index in [-0.39, 0.29) is 24.0 Å². The number of nitrogens with zero attached hydrogens (tertiary/aromatic N) is 3. The van der Waals surface area contributed by atoms with Gasteiger partial charge < -0.3 is 15.1 Å². The molecule has 0 radical (unpaired) electrons. The van der Waals surface area contributed by atoms with Crippen LogP contribution in [-0.4, -0.2) is 26.3 Å². The number of carbonyl (C=O) groups excluding carboxylic acids is 2. The molecule has 2 aromatic carbocycles. The minimum Gasteiger partial charge on any atom is -0.408 e. The number of amides is 2. The third-order valence-corrected chi connectivity index (χ3v) is 5.82. The third kappa shape index (κ3) is 4.73. The molecule has 0 aliphatic carbocycles. The summed E-state index contributed by atoms with van der Waals surface area (Å²) < 4.78 is 6.51. The molecule has 0 bridgehead atoms. The van der Waals surface area contributed by atoms with Crippen molar-refractivity contribution in [2.45, 2.75) is 33.4 Å².